The molecule has 1 unspecified atom stereocenters. The van der Waals surface area contributed by atoms with E-state index in [1.54, 1.807) is 0 Å². The van der Waals surface area contributed by atoms with Gasteiger partial charge in [0.15, 0.2) is 0 Å². The van der Waals surface area contributed by atoms with Crippen LogP contribution in [-0.2, 0) is 6.42 Å². The molecule has 1 N–H and O–H groups in total. The summed E-state index contributed by atoms with van der Waals surface area (Å²) < 4.78 is 0. The Morgan fingerprint density at radius 2 is 2.11 bits per heavy atom. The molecule has 0 bridgehead atoms. The first-order chi connectivity index (χ1) is 9.22. The average molecular weight is 300 g/mol. The first-order valence-corrected chi connectivity index (χ1v) is 8.14. The molecule has 1 aromatic carbocycles. The molecular formula is C16H23Cl2N. The molecule has 1 aromatic rings. The number of hydrogen-bond acceptors (Lipinski definition) is 1. The molecule has 0 radical (unpaired) electrons. The van der Waals surface area contributed by atoms with E-state index in [1.807, 2.05) is 12.1 Å². The lowest BCUT2D eigenvalue weighted by Gasteiger charge is -2.18. The van der Waals surface area contributed by atoms with Gasteiger partial charge in [-0.15, -0.1) is 0 Å². The van der Waals surface area contributed by atoms with Crippen molar-refractivity contribution in [3.63, 3.8) is 0 Å². The van der Waals surface area contributed by atoms with Gasteiger partial charge in [0.05, 0.1) is 10.0 Å². The van der Waals surface area contributed by atoms with Crippen molar-refractivity contribution < 1.29 is 0 Å². The second-order valence-electron chi connectivity index (χ2n) is 5.50. The topological polar surface area (TPSA) is 12.0 Å². The Bertz CT molecular complexity index is 402. The van der Waals surface area contributed by atoms with Gasteiger partial charge in [0, 0.05) is 6.04 Å². The van der Waals surface area contributed by atoms with E-state index in [-0.39, 0.29) is 0 Å². The highest BCUT2D eigenvalue weighted by Gasteiger charge is 2.30. The highest BCUT2D eigenvalue weighted by atomic mass is 35.5. The van der Waals surface area contributed by atoms with Crippen molar-refractivity contribution in [1.29, 1.82) is 0 Å². The van der Waals surface area contributed by atoms with Crippen LogP contribution >= 0.6 is 23.2 Å². The molecule has 0 heterocycles. The molecule has 106 valence electrons. The maximum Gasteiger partial charge on any atom is 0.0624 e. The van der Waals surface area contributed by atoms with Crippen molar-refractivity contribution in [1.82, 2.24) is 5.32 Å². The van der Waals surface area contributed by atoms with Crippen LogP contribution in [0.25, 0.3) is 0 Å². The predicted molar refractivity (Wildman–Crippen MR) is 84.2 cm³/mol. The highest BCUT2D eigenvalue weighted by Crippen LogP contribution is 2.35. The maximum absolute atomic E-state index is 6.22. The van der Waals surface area contributed by atoms with E-state index in [0.717, 1.165) is 23.9 Å². The zero-order chi connectivity index (χ0) is 13.7. The summed E-state index contributed by atoms with van der Waals surface area (Å²) in [5.41, 5.74) is 1.18. The van der Waals surface area contributed by atoms with Crippen molar-refractivity contribution in [3.05, 3.63) is 33.8 Å². The lowest BCUT2D eigenvalue weighted by atomic mass is 10.0. The van der Waals surface area contributed by atoms with E-state index in [2.05, 4.69) is 18.3 Å². The summed E-state index contributed by atoms with van der Waals surface area (Å²) >= 11 is 12.3. The normalized spacial score (nSPS) is 16.6. The van der Waals surface area contributed by atoms with E-state index in [1.165, 1.54) is 37.7 Å². The highest BCUT2D eigenvalue weighted by molar-refractivity contribution is 6.42. The molecule has 0 aromatic heterocycles. The molecule has 1 atom stereocenters. The summed E-state index contributed by atoms with van der Waals surface area (Å²) in [4.78, 5) is 0. The van der Waals surface area contributed by atoms with Gasteiger partial charge in [-0.1, -0.05) is 42.3 Å². The van der Waals surface area contributed by atoms with Crippen LogP contribution in [-0.4, -0.2) is 12.6 Å². The molecule has 1 saturated carbocycles. The van der Waals surface area contributed by atoms with Crippen molar-refractivity contribution in [2.24, 2.45) is 5.92 Å². The molecule has 1 aliphatic rings. The summed E-state index contributed by atoms with van der Waals surface area (Å²) in [6, 6.07) is 6.62. The molecule has 1 nitrogen and oxygen atoms in total. The van der Waals surface area contributed by atoms with Crippen LogP contribution in [0.4, 0.5) is 0 Å². The minimum Gasteiger partial charge on any atom is -0.314 e. The lowest BCUT2D eigenvalue weighted by molar-refractivity contribution is 0.425. The Hall–Kier alpha value is -0.240. The molecular weight excluding hydrogens is 277 g/mol. The Morgan fingerprint density at radius 3 is 2.79 bits per heavy atom. The monoisotopic (exact) mass is 299 g/mol. The molecule has 1 aliphatic carbocycles. The molecule has 19 heavy (non-hydrogen) atoms. The number of halogens is 2. The van der Waals surface area contributed by atoms with E-state index >= 15 is 0 Å². The van der Waals surface area contributed by atoms with E-state index in [4.69, 9.17) is 23.2 Å². The smallest absolute Gasteiger partial charge is 0.0624 e. The zero-order valence-corrected chi connectivity index (χ0v) is 13.1. The van der Waals surface area contributed by atoms with Crippen LogP contribution in [0.1, 0.15) is 44.6 Å². The fourth-order valence-corrected chi connectivity index (χ4v) is 3.00. The van der Waals surface area contributed by atoms with Gasteiger partial charge >= 0.3 is 0 Å². The minimum atomic E-state index is 0.669. The third-order valence-corrected chi connectivity index (χ3v) is 4.70. The van der Waals surface area contributed by atoms with Gasteiger partial charge in [-0.25, -0.2) is 0 Å². The largest absolute Gasteiger partial charge is 0.314 e. The second-order valence-corrected chi connectivity index (χ2v) is 6.29. The predicted octanol–water partition coefficient (Wildman–Crippen LogP) is 5.09. The lowest BCUT2D eigenvalue weighted by Crippen LogP contribution is -2.31. The summed E-state index contributed by atoms with van der Waals surface area (Å²) in [7, 11) is 0. The number of benzene rings is 1. The quantitative estimate of drug-likeness (QED) is 0.704. The minimum absolute atomic E-state index is 0.669. The van der Waals surface area contributed by atoms with Crippen molar-refractivity contribution in [3.8, 4) is 0 Å². The van der Waals surface area contributed by atoms with Crippen LogP contribution < -0.4 is 5.32 Å². The first-order valence-electron chi connectivity index (χ1n) is 7.38. The van der Waals surface area contributed by atoms with Gasteiger partial charge in [-0.3, -0.25) is 0 Å². The van der Waals surface area contributed by atoms with Gasteiger partial charge in [0.25, 0.3) is 0 Å². The number of hydrogen-bond donors (Lipinski definition) is 1. The van der Waals surface area contributed by atoms with E-state index < -0.39 is 0 Å². The Labute approximate surface area is 126 Å². The summed E-state index contributed by atoms with van der Waals surface area (Å²) in [6.45, 7) is 3.36. The zero-order valence-electron chi connectivity index (χ0n) is 11.6. The molecule has 0 saturated heterocycles. The Balaban J connectivity index is 1.79. The van der Waals surface area contributed by atoms with Crippen LogP contribution in [0.15, 0.2) is 18.2 Å². The van der Waals surface area contributed by atoms with Gasteiger partial charge in [-0.05, 0) is 62.6 Å². The van der Waals surface area contributed by atoms with Crippen molar-refractivity contribution in [2.75, 3.05) is 6.54 Å². The molecule has 0 spiro atoms. The summed E-state index contributed by atoms with van der Waals surface area (Å²) in [5.74, 6) is 0.918. The van der Waals surface area contributed by atoms with E-state index in [0.29, 0.717) is 11.1 Å². The number of nitrogens with one attached hydrogen (secondary N) is 1. The molecule has 0 aliphatic heterocycles. The molecule has 0 amide bonds. The van der Waals surface area contributed by atoms with Gasteiger partial charge in [-0.2, -0.15) is 0 Å². The number of aryl methyl sites for hydroxylation is 1. The summed E-state index contributed by atoms with van der Waals surface area (Å²) in [6.07, 6.45) is 7.46. The van der Waals surface area contributed by atoms with Gasteiger partial charge in [0.1, 0.15) is 0 Å². The van der Waals surface area contributed by atoms with Gasteiger partial charge in [0.2, 0.25) is 0 Å². The summed E-state index contributed by atoms with van der Waals surface area (Å²) in [5, 5.41) is 5.08. The van der Waals surface area contributed by atoms with Crippen LogP contribution in [0.5, 0.6) is 0 Å². The fraction of sp³-hybridized carbons (Fsp3) is 0.625. The van der Waals surface area contributed by atoms with Crippen molar-refractivity contribution >= 4 is 23.2 Å². The molecule has 2 rings (SSSR count). The fourth-order valence-electron chi connectivity index (χ4n) is 2.59. The molecule has 1 fully saturated rings. The SMILES string of the molecule is CCCNC(CCCc1cccc(Cl)c1Cl)C1CC1. The first kappa shape index (κ1) is 15.2. The van der Waals surface area contributed by atoms with Gasteiger partial charge < -0.3 is 5.32 Å². The third-order valence-electron chi connectivity index (χ3n) is 3.84. The standard InChI is InChI=1S/C16H23Cl2N/c1-2-11-19-15(12-9-10-12)8-4-6-13-5-3-7-14(17)16(13)18/h3,5,7,12,15,19H,2,4,6,8-11H2,1H3. The third kappa shape index (κ3) is 4.66. The van der Waals surface area contributed by atoms with Crippen LogP contribution in [0, 0.1) is 5.92 Å². The Kier molecular flexibility index (Phi) is 6.00. The maximum atomic E-state index is 6.22. The Morgan fingerprint density at radius 1 is 1.32 bits per heavy atom. The van der Waals surface area contributed by atoms with Crippen LogP contribution in [0.3, 0.4) is 0 Å². The van der Waals surface area contributed by atoms with Crippen molar-refractivity contribution in [2.45, 2.75) is 51.5 Å². The number of rotatable bonds is 8. The molecule has 3 heteroatoms. The van der Waals surface area contributed by atoms with E-state index in [9.17, 15) is 0 Å². The average Bonchev–Trinajstić information content (AvgIpc) is 3.23. The second kappa shape index (κ2) is 7.52. The van der Waals surface area contributed by atoms with Crippen LogP contribution in [0.2, 0.25) is 10.0 Å².